The van der Waals surface area contributed by atoms with Crippen LogP contribution in [0.1, 0.15) is 30.3 Å². The van der Waals surface area contributed by atoms with Crippen molar-refractivity contribution in [2.24, 2.45) is 5.92 Å². The van der Waals surface area contributed by atoms with Gasteiger partial charge in [0.15, 0.2) is 0 Å². The van der Waals surface area contributed by atoms with Crippen LogP contribution in [0.2, 0.25) is 0 Å². The van der Waals surface area contributed by atoms with Gasteiger partial charge < -0.3 is 9.84 Å². The van der Waals surface area contributed by atoms with Crippen LogP contribution in [-0.4, -0.2) is 50.1 Å². The number of hydrogen-bond donors (Lipinski definition) is 1. The van der Waals surface area contributed by atoms with Gasteiger partial charge in [0.25, 0.3) is 5.91 Å². The second kappa shape index (κ2) is 6.69. The molecule has 0 unspecified atom stereocenters. The molecule has 1 aliphatic carbocycles. The van der Waals surface area contributed by atoms with E-state index < -0.39 is 0 Å². The van der Waals surface area contributed by atoms with Gasteiger partial charge in [-0.05, 0) is 25.7 Å². The third kappa shape index (κ3) is 3.88. The van der Waals surface area contributed by atoms with Gasteiger partial charge in [0, 0.05) is 37.8 Å². The predicted octanol–water partition coefficient (Wildman–Crippen LogP) is 0.530. The monoisotopic (exact) mass is 340 g/mol. The summed E-state index contributed by atoms with van der Waals surface area (Å²) < 4.78 is 6.93. The third-order valence-electron chi connectivity index (χ3n) is 4.49. The Hall–Kier alpha value is -2.66. The number of aryl methyl sites for hydroxylation is 1. The summed E-state index contributed by atoms with van der Waals surface area (Å²) in [6.07, 6.45) is 5.69. The van der Waals surface area contributed by atoms with Gasteiger partial charge in [0.05, 0.1) is 24.0 Å². The average Bonchev–Trinajstić information content (AvgIpc) is 2.96. The lowest BCUT2D eigenvalue weighted by atomic mass is 10.2. The summed E-state index contributed by atoms with van der Waals surface area (Å²) in [6, 6.07) is 1.87. The van der Waals surface area contributed by atoms with Gasteiger partial charge in [-0.25, -0.2) is 4.68 Å². The molecule has 2 aromatic heterocycles. The Morgan fingerprint density at radius 2 is 2.32 bits per heavy atom. The van der Waals surface area contributed by atoms with E-state index in [4.69, 9.17) is 4.52 Å². The average molecular weight is 340 g/mol. The minimum absolute atomic E-state index is 0.0159. The third-order valence-corrected chi connectivity index (χ3v) is 4.49. The van der Waals surface area contributed by atoms with Crippen molar-refractivity contribution in [2.45, 2.75) is 38.4 Å². The van der Waals surface area contributed by atoms with Crippen LogP contribution in [0.3, 0.4) is 0 Å². The minimum Gasteiger partial charge on any atom is -0.361 e. The number of rotatable bonds is 4. The molecule has 3 heterocycles. The van der Waals surface area contributed by atoms with E-state index in [0.717, 1.165) is 30.8 Å². The topological polar surface area (TPSA) is 89.1 Å². The van der Waals surface area contributed by atoms with E-state index >= 15 is 0 Å². The standard InChI is InChI=1S/C17H20N6O2/c1-12-8-14(20-25-12)9-22-10-15(16(11-22)23-7-6-18-21-23)19-17(24)5-4-13-2-3-13/h6-8,13,15-16H,2-3,9-11H2,1H3,(H,19,24)/t15-,16+/m1/s1. The summed E-state index contributed by atoms with van der Waals surface area (Å²) in [7, 11) is 0. The molecule has 4 rings (SSSR count). The van der Waals surface area contributed by atoms with Crippen LogP contribution in [0.15, 0.2) is 23.0 Å². The molecule has 0 bridgehead atoms. The second-order valence-corrected chi connectivity index (χ2v) is 6.70. The quantitative estimate of drug-likeness (QED) is 0.817. The highest BCUT2D eigenvalue weighted by molar-refractivity contribution is 5.93. The van der Waals surface area contributed by atoms with Crippen molar-refractivity contribution >= 4 is 5.91 Å². The van der Waals surface area contributed by atoms with E-state index in [1.807, 2.05) is 19.2 Å². The zero-order chi connectivity index (χ0) is 17.2. The lowest BCUT2D eigenvalue weighted by Crippen LogP contribution is -2.41. The van der Waals surface area contributed by atoms with E-state index in [2.05, 4.69) is 37.5 Å². The molecule has 130 valence electrons. The fourth-order valence-corrected chi connectivity index (χ4v) is 3.12. The van der Waals surface area contributed by atoms with E-state index in [9.17, 15) is 4.79 Å². The molecule has 1 aliphatic heterocycles. The van der Waals surface area contributed by atoms with Crippen molar-refractivity contribution in [3.05, 3.63) is 29.9 Å². The zero-order valence-electron chi connectivity index (χ0n) is 14.1. The van der Waals surface area contributed by atoms with Gasteiger partial charge >= 0.3 is 0 Å². The first-order valence-corrected chi connectivity index (χ1v) is 8.50. The van der Waals surface area contributed by atoms with Gasteiger partial charge in [0.1, 0.15) is 5.76 Å². The summed E-state index contributed by atoms with van der Waals surface area (Å²) >= 11 is 0. The van der Waals surface area contributed by atoms with Crippen LogP contribution in [-0.2, 0) is 11.3 Å². The Morgan fingerprint density at radius 3 is 3.00 bits per heavy atom. The number of hydrogen-bond acceptors (Lipinski definition) is 6. The molecular formula is C17H20N6O2. The Morgan fingerprint density at radius 1 is 1.44 bits per heavy atom. The molecule has 1 saturated heterocycles. The lowest BCUT2D eigenvalue weighted by Gasteiger charge is -2.18. The highest BCUT2D eigenvalue weighted by Crippen LogP contribution is 2.27. The number of carbonyl (C=O) groups excluding carboxylic acids is 1. The Labute approximate surface area is 145 Å². The Kier molecular flexibility index (Phi) is 4.24. The maximum Gasteiger partial charge on any atom is 0.296 e. The van der Waals surface area contributed by atoms with Crippen LogP contribution in [0.5, 0.6) is 0 Å². The molecule has 1 saturated carbocycles. The second-order valence-electron chi connectivity index (χ2n) is 6.70. The molecule has 0 spiro atoms. The molecule has 1 N–H and O–H groups in total. The first-order chi connectivity index (χ1) is 12.2. The summed E-state index contributed by atoms with van der Waals surface area (Å²) in [5.74, 6) is 6.70. The molecule has 0 radical (unpaired) electrons. The van der Waals surface area contributed by atoms with Gasteiger partial charge in [-0.1, -0.05) is 16.3 Å². The molecule has 2 aliphatic rings. The normalized spacial score (nSPS) is 23.2. The SMILES string of the molecule is Cc1cc(CN2C[C@@H](NC(=O)C#CC3CC3)[C@@H](n3ccnn3)C2)no1. The van der Waals surface area contributed by atoms with Gasteiger partial charge in [-0.2, -0.15) is 0 Å². The molecule has 1 amide bonds. The van der Waals surface area contributed by atoms with Crippen molar-refractivity contribution < 1.29 is 9.32 Å². The molecule has 2 atom stereocenters. The van der Waals surface area contributed by atoms with E-state index in [1.165, 1.54) is 0 Å². The maximum atomic E-state index is 12.1. The summed E-state index contributed by atoms with van der Waals surface area (Å²) in [5, 5.41) is 15.1. The lowest BCUT2D eigenvalue weighted by molar-refractivity contribution is -0.116. The van der Waals surface area contributed by atoms with E-state index in [0.29, 0.717) is 19.0 Å². The van der Waals surface area contributed by atoms with Crippen LogP contribution >= 0.6 is 0 Å². The number of likely N-dealkylation sites (tertiary alicyclic amines) is 1. The zero-order valence-corrected chi connectivity index (χ0v) is 14.1. The largest absolute Gasteiger partial charge is 0.361 e. The molecule has 0 aromatic carbocycles. The molecule has 25 heavy (non-hydrogen) atoms. The van der Waals surface area contributed by atoms with Crippen LogP contribution in [0.4, 0.5) is 0 Å². The van der Waals surface area contributed by atoms with Crippen LogP contribution in [0.25, 0.3) is 0 Å². The van der Waals surface area contributed by atoms with Crippen LogP contribution in [0, 0.1) is 24.7 Å². The molecule has 8 nitrogen and oxygen atoms in total. The highest BCUT2D eigenvalue weighted by Gasteiger charge is 2.35. The fraction of sp³-hybridized carbons (Fsp3) is 0.529. The van der Waals surface area contributed by atoms with Crippen LogP contribution < -0.4 is 5.32 Å². The number of amides is 1. The predicted molar refractivity (Wildman–Crippen MR) is 88.0 cm³/mol. The van der Waals surface area contributed by atoms with Crippen molar-refractivity contribution in [2.75, 3.05) is 13.1 Å². The first-order valence-electron chi connectivity index (χ1n) is 8.50. The highest BCUT2D eigenvalue weighted by atomic mass is 16.5. The fourth-order valence-electron chi connectivity index (χ4n) is 3.12. The number of aromatic nitrogens is 4. The number of nitrogens with one attached hydrogen (secondary N) is 1. The summed E-state index contributed by atoms with van der Waals surface area (Å²) in [5.41, 5.74) is 0.885. The van der Waals surface area contributed by atoms with Crippen molar-refractivity contribution in [3.8, 4) is 11.8 Å². The smallest absolute Gasteiger partial charge is 0.296 e. The summed E-state index contributed by atoms with van der Waals surface area (Å²) in [6.45, 7) is 3.99. The van der Waals surface area contributed by atoms with Crippen molar-refractivity contribution in [1.29, 1.82) is 0 Å². The molecule has 8 heteroatoms. The number of nitrogens with zero attached hydrogens (tertiary/aromatic N) is 5. The Bertz CT molecular complexity index is 799. The molecule has 2 fully saturated rings. The van der Waals surface area contributed by atoms with E-state index in [1.54, 1.807) is 10.9 Å². The minimum atomic E-state index is -0.221. The Balaban J connectivity index is 1.44. The first kappa shape index (κ1) is 15.8. The molecular weight excluding hydrogens is 320 g/mol. The van der Waals surface area contributed by atoms with Crippen molar-refractivity contribution in [3.63, 3.8) is 0 Å². The van der Waals surface area contributed by atoms with Crippen molar-refractivity contribution in [1.82, 2.24) is 30.4 Å². The molecule has 2 aromatic rings. The van der Waals surface area contributed by atoms with Gasteiger partial charge in [-0.3, -0.25) is 9.69 Å². The number of carbonyl (C=O) groups is 1. The van der Waals surface area contributed by atoms with E-state index in [-0.39, 0.29) is 18.0 Å². The van der Waals surface area contributed by atoms with Gasteiger partial charge in [-0.15, -0.1) is 5.10 Å². The van der Waals surface area contributed by atoms with Gasteiger partial charge in [0.2, 0.25) is 0 Å². The summed E-state index contributed by atoms with van der Waals surface area (Å²) in [4.78, 5) is 14.4. The maximum absolute atomic E-state index is 12.1.